The Morgan fingerprint density at radius 3 is 2.38 bits per heavy atom. The monoisotopic (exact) mass is 217 g/mol. The molecule has 4 heteroatoms. The summed E-state index contributed by atoms with van der Waals surface area (Å²) in [5.41, 5.74) is 3.74. The number of benzene rings is 1. The summed E-state index contributed by atoms with van der Waals surface area (Å²) in [4.78, 5) is 4.08. The molecule has 0 amide bonds. The predicted molar refractivity (Wildman–Crippen MR) is 62.3 cm³/mol. The molecule has 0 aliphatic heterocycles. The van der Waals surface area contributed by atoms with Crippen LogP contribution in [0.3, 0.4) is 0 Å². The summed E-state index contributed by atoms with van der Waals surface area (Å²) in [5, 5.41) is 6.81. The Hall–Kier alpha value is -1.84. The fraction of sp³-hybridized carbons (Fsp3) is 0.333. The van der Waals surface area contributed by atoms with Crippen LogP contribution in [0, 0.1) is 20.8 Å². The molecule has 84 valence electrons. The van der Waals surface area contributed by atoms with Crippen molar-refractivity contribution >= 4 is 6.01 Å². The summed E-state index contributed by atoms with van der Waals surface area (Å²) in [6.07, 6.45) is 0. The van der Waals surface area contributed by atoms with E-state index in [-0.39, 0.29) is 0 Å². The highest BCUT2D eigenvalue weighted by molar-refractivity contribution is 5.31. The van der Waals surface area contributed by atoms with E-state index in [9.17, 15) is 0 Å². The Kier molecular flexibility index (Phi) is 2.90. The zero-order valence-electron chi connectivity index (χ0n) is 9.74. The van der Waals surface area contributed by atoms with Crippen LogP contribution in [0.15, 0.2) is 22.7 Å². The van der Waals surface area contributed by atoms with Gasteiger partial charge in [-0.2, -0.15) is 4.98 Å². The predicted octanol–water partition coefficient (Wildman–Crippen LogP) is 2.61. The van der Waals surface area contributed by atoms with E-state index in [1.54, 1.807) is 6.92 Å². The molecular weight excluding hydrogens is 202 g/mol. The first kappa shape index (κ1) is 10.7. The van der Waals surface area contributed by atoms with Crippen molar-refractivity contribution in [3.8, 4) is 0 Å². The molecule has 0 spiro atoms. The van der Waals surface area contributed by atoms with Gasteiger partial charge in [0.1, 0.15) is 0 Å². The average Bonchev–Trinajstić information content (AvgIpc) is 2.60. The molecule has 0 atom stereocenters. The topological polar surface area (TPSA) is 51.0 Å². The van der Waals surface area contributed by atoms with Gasteiger partial charge in [-0.3, -0.25) is 0 Å². The van der Waals surface area contributed by atoms with Crippen LogP contribution in [0.1, 0.15) is 22.5 Å². The summed E-state index contributed by atoms with van der Waals surface area (Å²) >= 11 is 0. The summed E-state index contributed by atoms with van der Waals surface area (Å²) < 4.78 is 4.97. The first-order valence-electron chi connectivity index (χ1n) is 5.25. The van der Waals surface area contributed by atoms with E-state index < -0.39 is 0 Å². The highest BCUT2D eigenvalue weighted by atomic mass is 16.5. The van der Waals surface area contributed by atoms with Crippen LogP contribution in [-0.2, 0) is 6.54 Å². The molecule has 2 aromatic rings. The molecule has 2 rings (SSSR count). The number of nitrogens with zero attached hydrogens (tertiary/aromatic N) is 2. The minimum absolute atomic E-state index is 0.469. The van der Waals surface area contributed by atoms with Crippen LogP contribution < -0.4 is 5.32 Å². The van der Waals surface area contributed by atoms with Crippen LogP contribution in [0.2, 0.25) is 0 Å². The normalized spacial score (nSPS) is 10.4. The van der Waals surface area contributed by atoms with E-state index >= 15 is 0 Å². The molecule has 0 aliphatic rings. The Bertz CT molecular complexity index is 471. The summed E-state index contributed by atoms with van der Waals surface area (Å²) in [7, 11) is 0. The minimum atomic E-state index is 0.469. The van der Waals surface area contributed by atoms with Crippen molar-refractivity contribution < 1.29 is 4.52 Å². The molecule has 1 aromatic carbocycles. The zero-order valence-corrected chi connectivity index (χ0v) is 9.74. The molecule has 0 aliphatic carbocycles. The second-order valence-electron chi connectivity index (χ2n) is 4.00. The summed E-state index contributed by atoms with van der Waals surface area (Å²) in [6, 6.07) is 6.91. The Morgan fingerprint density at radius 1 is 1.12 bits per heavy atom. The molecule has 0 bridgehead atoms. The Balaban J connectivity index is 2.04. The summed E-state index contributed by atoms with van der Waals surface area (Å²) in [5.74, 6) is 0.642. The number of rotatable bonds is 3. The largest absolute Gasteiger partial charge is 0.334 e. The lowest BCUT2D eigenvalue weighted by Gasteiger charge is -2.04. The Morgan fingerprint density at radius 2 is 1.81 bits per heavy atom. The first-order chi connectivity index (χ1) is 7.63. The molecule has 4 nitrogen and oxygen atoms in total. The van der Waals surface area contributed by atoms with Crippen LogP contribution in [0.5, 0.6) is 0 Å². The average molecular weight is 217 g/mol. The number of aromatic nitrogens is 2. The van der Waals surface area contributed by atoms with Crippen molar-refractivity contribution in [2.75, 3.05) is 5.32 Å². The highest BCUT2D eigenvalue weighted by Gasteiger charge is 2.02. The second kappa shape index (κ2) is 4.35. The van der Waals surface area contributed by atoms with Gasteiger partial charge in [-0.25, -0.2) is 0 Å². The number of hydrogen-bond acceptors (Lipinski definition) is 4. The van der Waals surface area contributed by atoms with Crippen molar-refractivity contribution in [3.05, 3.63) is 40.7 Å². The van der Waals surface area contributed by atoms with Gasteiger partial charge in [0, 0.05) is 6.54 Å². The third kappa shape index (κ3) is 2.59. The van der Waals surface area contributed by atoms with Gasteiger partial charge in [0.05, 0.1) is 0 Å². The van der Waals surface area contributed by atoms with Crippen LogP contribution >= 0.6 is 0 Å². The molecule has 0 unspecified atom stereocenters. The number of hydrogen-bond donors (Lipinski definition) is 1. The van der Waals surface area contributed by atoms with Gasteiger partial charge >= 0.3 is 6.01 Å². The maximum absolute atomic E-state index is 4.97. The number of anilines is 1. The van der Waals surface area contributed by atoms with Gasteiger partial charge in [0.15, 0.2) is 5.82 Å². The zero-order chi connectivity index (χ0) is 11.5. The van der Waals surface area contributed by atoms with E-state index in [1.807, 2.05) is 0 Å². The molecule has 1 aromatic heterocycles. The van der Waals surface area contributed by atoms with Crippen molar-refractivity contribution in [2.45, 2.75) is 27.3 Å². The van der Waals surface area contributed by atoms with Crippen molar-refractivity contribution in [1.29, 1.82) is 0 Å². The molecule has 16 heavy (non-hydrogen) atoms. The SMILES string of the molecule is Cc1cc(C)cc(CNc2nc(C)no2)c1. The van der Waals surface area contributed by atoms with Crippen molar-refractivity contribution in [1.82, 2.24) is 10.1 Å². The standard InChI is InChI=1S/C12H15N3O/c1-8-4-9(2)6-11(5-8)7-13-12-14-10(3)15-16-12/h4-6H,7H2,1-3H3,(H,13,14,15). The van der Waals surface area contributed by atoms with Gasteiger partial charge in [0.25, 0.3) is 0 Å². The van der Waals surface area contributed by atoms with Crippen molar-refractivity contribution in [3.63, 3.8) is 0 Å². The third-order valence-corrected chi connectivity index (χ3v) is 2.25. The third-order valence-electron chi connectivity index (χ3n) is 2.25. The smallest absolute Gasteiger partial charge is 0.321 e. The molecule has 0 saturated carbocycles. The molecular formula is C12H15N3O. The van der Waals surface area contributed by atoms with Crippen LogP contribution in [-0.4, -0.2) is 10.1 Å². The summed E-state index contributed by atoms with van der Waals surface area (Å²) in [6.45, 7) is 6.68. The van der Waals surface area contributed by atoms with Crippen LogP contribution in [0.4, 0.5) is 6.01 Å². The van der Waals surface area contributed by atoms with Crippen LogP contribution in [0.25, 0.3) is 0 Å². The van der Waals surface area contributed by atoms with Crippen molar-refractivity contribution in [2.24, 2.45) is 0 Å². The van der Waals surface area contributed by atoms with E-state index in [2.05, 4.69) is 47.5 Å². The highest BCUT2D eigenvalue weighted by Crippen LogP contribution is 2.11. The van der Waals surface area contributed by atoms with Gasteiger partial charge in [-0.05, 0) is 26.3 Å². The first-order valence-corrected chi connectivity index (χ1v) is 5.25. The fourth-order valence-corrected chi connectivity index (χ4v) is 1.72. The van der Waals surface area contributed by atoms with Gasteiger partial charge in [0.2, 0.25) is 0 Å². The van der Waals surface area contributed by atoms with E-state index in [0.29, 0.717) is 18.4 Å². The fourth-order valence-electron chi connectivity index (χ4n) is 1.72. The molecule has 1 heterocycles. The lowest BCUT2D eigenvalue weighted by atomic mass is 10.1. The van der Waals surface area contributed by atoms with Gasteiger partial charge < -0.3 is 9.84 Å². The Labute approximate surface area is 94.7 Å². The van der Waals surface area contributed by atoms with Gasteiger partial charge in [-0.15, -0.1) is 0 Å². The molecule has 0 fully saturated rings. The lowest BCUT2D eigenvalue weighted by Crippen LogP contribution is -2.00. The number of nitrogens with one attached hydrogen (secondary N) is 1. The van der Waals surface area contributed by atoms with E-state index in [4.69, 9.17) is 4.52 Å². The molecule has 0 saturated heterocycles. The van der Waals surface area contributed by atoms with E-state index in [0.717, 1.165) is 0 Å². The maximum Gasteiger partial charge on any atom is 0.321 e. The lowest BCUT2D eigenvalue weighted by molar-refractivity contribution is 0.425. The second-order valence-corrected chi connectivity index (χ2v) is 4.00. The van der Waals surface area contributed by atoms with E-state index in [1.165, 1.54) is 16.7 Å². The quantitative estimate of drug-likeness (QED) is 0.858. The molecule has 0 radical (unpaired) electrons. The molecule has 1 N–H and O–H groups in total. The minimum Gasteiger partial charge on any atom is -0.334 e. The number of aryl methyl sites for hydroxylation is 3. The maximum atomic E-state index is 4.97. The van der Waals surface area contributed by atoms with Gasteiger partial charge in [-0.1, -0.05) is 34.5 Å².